The number of halogens is 1. The predicted molar refractivity (Wildman–Crippen MR) is 108 cm³/mol. The SMILES string of the molecule is CC(C)CN1C(=O)/C(=C/c2ccc(CO)cc2)S/C1=N\c1ccc(F)cc1. The van der Waals surface area contributed by atoms with Crippen molar-refractivity contribution in [1.29, 1.82) is 0 Å². The summed E-state index contributed by atoms with van der Waals surface area (Å²) < 4.78 is 13.1. The zero-order valence-electron chi connectivity index (χ0n) is 15.2. The van der Waals surface area contributed by atoms with Crippen LogP contribution in [-0.2, 0) is 11.4 Å². The lowest BCUT2D eigenvalue weighted by atomic mass is 10.1. The molecule has 1 heterocycles. The van der Waals surface area contributed by atoms with Crippen molar-refractivity contribution in [2.75, 3.05) is 6.54 Å². The number of amidine groups is 1. The molecular weight excluding hydrogens is 363 g/mol. The van der Waals surface area contributed by atoms with E-state index in [-0.39, 0.29) is 24.2 Å². The smallest absolute Gasteiger partial charge is 0.266 e. The minimum atomic E-state index is -0.319. The van der Waals surface area contributed by atoms with Gasteiger partial charge >= 0.3 is 0 Å². The number of benzene rings is 2. The average Bonchev–Trinajstić information content (AvgIpc) is 2.92. The van der Waals surface area contributed by atoms with E-state index in [1.165, 1.54) is 23.9 Å². The van der Waals surface area contributed by atoms with Crippen molar-refractivity contribution < 1.29 is 14.3 Å². The highest BCUT2D eigenvalue weighted by molar-refractivity contribution is 8.18. The highest BCUT2D eigenvalue weighted by atomic mass is 32.2. The number of hydrogen-bond donors (Lipinski definition) is 1. The fourth-order valence-corrected chi connectivity index (χ4v) is 3.62. The topological polar surface area (TPSA) is 52.9 Å². The molecule has 0 spiro atoms. The average molecular weight is 384 g/mol. The van der Waals surface area contributed by atoms with Gasteiger partial charge in [-0.2, -0.15) is 0 Å². The number of aliphatic hydroxyl groups excluding tert-OH is 1. The summed E-state index contributed by atoms with van der Waals surface area (Å²) in [6, 6.07) is 13.3. The van der Waals surface area contributed by atoms with Crippen molar-refractivity contribution in [2.24, 2.45) is 10.9 Å². The number of carbonyl (C=O) groups excluding carboxylic acids is 1. The molecule has 0 bridgehead atoms. The van der Waals surface area contributed by atoms with Gasteiger partial charge in [0.15, 0.2) is 5.17 Å². The molecule has 0 aromatic heterocycles. The summed E-state index contributed by atoms with van der Waals surface area (Å²) in [7, 11) is 0. The fourth-order valence-electron chi connectivity index (χ4n) is 2.61. The van der Waals surface area contributed by atoms with Gasteiger partial charge in [0.05, 0.1) is 17.2 Å². The Bertz CT molecular complexity index is 874. The summed E-state index contributed by atoms with van der Waals surface area (Å²) in [6.45, 7) is 4.64. The first kappa shape index (κ1) is 19.3. The molecule has 1 fully saturated rings. The largest absolute Gasteiger partial charge is 0.392 e. The minimum Gasteiger partial charge on any atom is -0.392 e. The lowest BCUT2D eigenvalue weighted by molar-refractivity contribution is -0.122. The number of carbonyl (C=O) groups is 1. The molecule has 0 unspecified atom stereocenters. The quantitative estimate of drug-likeness (QED) is 0.768. The van der Waals surface area contributed by atoms with Crippen molar-refractivity contribution in [1.82, 2.24) is 4.90 Å². The van der Waals surface area contributed by atoms with Gasteiger partial charge in [0.1, 0.15) is 5.82 Å². The Balaban J connectivity index is 1.91. The Labute approximate surface area is 162 Å². The molecule has 4 nitrogen and oxygen atoms in total. The third kappa shape index (κ3) is 4.84. The van der Waals surface area contributed by atoms with Crippen LogP contribution in [0.1, 0.15) is 25.0 Å². The first-order valence-corrected chi connectivity index (χ1v) is 9.53. The second-order valence-corrected chi connectivity index (χ2v) is 7.70. The van der Waals surface area contributed by atoms with E-state index in [0.717, 1.165) is 11.1 Å². The Morgan fingerprint density at radius 3 is 2.41 bits per heavy atom. The van der Waals surface area contributed by atoms with E-state index in [1.807, 2.05) is 44.2 Å². The van der Waals surface area contributed by atoms with E-state index in [2.05, 4.69) is 4.99 Å². The fraction of sp³-hybridized carbons (Fsp3) is 0.238. The molecular formula is C21H21FN2O2S. The van der Waals surface area contributed by atoms with E-state index in [4.69, 9.17) is 5.11 Å². The Hall–Kier alpha value is -2.44. The van der Waals surface area contributed by atoms with Crippen LogP contribution in [0.3, 0.4) is 0 Å². The summed E-state index contributed by atoms with van der Waals surface area (Å²) in [5.41, 5.74) is 2.31. The van der Waals surface area contributed by atoms with Crippen molar-refractivity contribution in [2.45, 2.75) is 20.5 Å². The molecule has 0 atom stereocenters. The lowest BCUT2D eigenvalue weighted by Gasteiger charge is -2.17. The molecule has 3 rings (SSSR count). The maximum Gasteiger partial charge on any atom is 0.266 e. The summed E-state index contributed by atoms with van der Waals surface area (Å²) in [5.74, 6) is -0.114. The zero-order valence-corrected chi connectivity index (χ0v) is 16.0. The molecule has 1 aliphatic heterocycles. The molecule has 0 radical (unpaired) electrons. The molecule has 0 saturated carbocycles. The summed E-state index contributed by atoms with van der Waals surface area (Å²) in [5, 5.41) is 9.74. The standard InChI is InChI=1S/C21H21FN2O2S/c1-14(2)12-24-20(26)19(11-15-3-5-16(13-25)6-4-15)27-21(24)23-18-9-7-17(22)8-10-18/h3-11,14,25H,12-13H2,1-2H3/b19-11-,23-21-. The van der Waals surface area contributed by atoms with Crippen LogP contribution in [0.5, 0.6) is 0 Å². The highest BCUT2D eigenvalue weighted by Crippen LogP contribution is 2.34. The maximum absolute atomic E-state index is 13.1. The summed E-state index contributed by atoms with van der Waals surface area (Å²) in [4.78, 5) is 19.7. The summed E-state index contributed by atoms with van der Waals surface area (Å²) >= 11 is 1.32. The maximum atomic E-state index is 13.1. The van der Waals surface area contributed by atoms with Crippen molar-refractivity contribution in [3.63, 3.8) is 0 Å². The van der Waals surface area contributed by atoms with Gasteiger partial charge in [-0.3, -0.25) is 9.69 Å². The number of hydrogen-bond acceptors (Lipinski definition) is 4. The number of rotatable bonds is 5. The molecule has 1 N–H and O–H groups in total. The molecule has 1 aliphatic rings. The van der Waals surface area contributed by atoms with Gasteiger partial charge in [0.2, 0.25) is 0 Å². The Morgan fingerprint density at radius 2 is 1.81 bits per heavy atom. The van der Waals surface area contributed by atoms with Crippen LogP contribution in [-0.4, -0.2) is 27.6 Å². The third-order valence-electron chi connectivity index (χ3n) is 3.95. The Kier molecular flexibility index (Phi) is 6.08. The van der Waals surface area contributed by atoms with Crippen molar-refractivity contribution in [3.8, 4) is 0 Å². The van der Waals surface area contributed by atoms with Crippen LogP contribution in [0.4, 0.5) is 10.1 Å². The van der Waals surface area contributed by atoms with E-state index < -0.39 is 0 Å². The van der Waals surface area contributed by atoms with Gasteiger partial charge in [-0.1, -0.05) is 38.1 Å². The number of thioether (sulfide) groups is 1. The third-order valence-corrected chi connectivity index (χ3v) is 4.95. The molecule has 2 aromatic rings. The molecule has 2 aromatic carbocycles. The second kappa shape index (κ2) is 8.50. The van der Waals surface area contributed by atoms with Gasteiger partial charge < -0.3 is 5.11 Å². The molecule has 1 amide bonds. The number of amides is 1. The normalized spacial score (nSPS) is 17.5. The number of nitrogens with zero attached hydrogens (tertiary/aromatic N) is 2. The van der Waals surface area contributed by atoms with E-state index in [9.17, 15) is 9.18 Å². The molecule has 0 aliphatic carbocycles. The van der Waals surface area contributed by atoms with Crippen LogP contribution in [0.25, 0.3) is 6.08 Å². The van der Waals surface area contributed by atoms with Crippen molar-refractivity contribution >= 4 is 34.6 Å². The number of aliphatic hydroxyl groups is 1. The molecule has 140 valence electrons. The Morgan fingerprint density at radius 1 is 1.15 bits per heavy atom. The number of aliphatic imine (C=N–C) groups is 1. The molecule has 6 heteroatoms. The molecule has 1 saturated heterocycles. The highest BCUT2D eigenvalue weighted by Gasteiger charge is 2.33. The van der Waals surface area contributed by atoms with Crippen LogP contribution in [0.15, 0.2) is 58.4 Å². The van der Waals surface area contributed by atoms with Crippen LogP contribution >= 0.6 is 11.8 Å². The second-order valence-electron chi connectivity index (χ2n) is 6.69. The first-order chi connectivity index (χ1) is 13.0. The van der Waals surface area contributed by atoms with Gasteiger partial charge in [-0.25, -0.2) is 9.38 Å². The van der Waals surface area contributed by atoms with E-state index >= 15 is 0 Å². The zero-order chi connectivity index (χ0) is 19.4. The van der Waals surface area contributed by atoms with Gasteiger partial charge in [-0.15, -0.1) is 0 Å². The first-order valence-electron chi connectivity index (χ1n) is 8.71. The van der Waals surface area contributed by atoms with Gasteiger partial charge in [0.25, 0.3) is 5.91 Å². The van der Waals surface area contributed by atoms with E-state index in [0.29, 0.717) is 22.3 Å². The van der Waals surface area contributed by atoms with Crippen LogP contribution in [0.2, 0.25) is 0 Å². The van der Waals surface area contributed by atoms with Crippen molar-refractivity contribution in [3.05, 3.63) is 70.4 Å². The van der Waals surface area contributed by atoms with Crippen LogP contribution < -0.4 is 0 Å². The molecule has 27 heavy (non-hydrogen) atoms. The summed E-state index contributed by atoms with van der Waals surface area (Å²) in [6.07, 6.45) is 1.83. The predicted octanol–water partition coefficient (Wildman–Crippen LogP) is 4.58. The van der Waals surface area contributed by atoms with Gasteiger partial charge in [0, 0.05) is 6.54 Å². The van der Waals surface area contributed by atoms with E-state index in [1.54, 1.807) is 17.0 Å². The minimum absolute atomic E-state index is 0.0127. The lowest BCUT2D eigenvalue weighted by Crippen LogP contribution is -2.32. The van der Waals surface area contributed by atoms with Gasteiger partial charge in [-0.05, 0) is 59.1 Å². The monoisotopic (exact) mass is 384 g/mol. The van der Waals surface area contributed by atoms with Crippen LogP contribution in [0, 0.1) is 11.7 Å².